The van der Waals surface area contributed by atoms with Crippen LogP contribution >= 0.6 is 11.6 Å². The van der Waals surface area contributed by atoms with Gasteiger partial charge in [-0.25, -0.2) is 0 Å². The molecule has 19 heavy (non-hydrogen) atoms. The smallest absolute Gasteiger partial charge is 0.113 e. The van der Waals surface area contributed by atoms with Crippen molar-refractivity contribution in [2.24, 2.45) is 0 Å². The van der Waals surface area contributed by atoms with Gasteiger partial charge in [0.1, 0.15) is 5.76 Å². The van der Waals surface area contributed by atoms with E-state index in [0.717, 1.165) is 43.2 Å². The molecule has 3 heteroatoms. The number of nitrogens with one attached hydrogen (secondary N) is 1. The molecule has 104 valence electrons. The van der Waals surface area contributed by atoms with Crippen molar-refractivity contribution in [3.8, 4) is 0 Å². The van der Waals surface area contributed by atoms with Gasteiger partial charge in [0.25, 0.3) is 0 Å². The second-order valence-electron chi connectivity index (χ2n) is 4.99. The minimum atomic E-state index is 0.124. The van der Waals surface area contributed by atoms with Crippen LogP contribution in [0.25, 0.3) is 0 Å². The molecule has 1 aromatic carbocycles. The van der Waals surface area contributed by atoms with Crippen LogP contribution in [-0.4, -0.2) is 13.2 Å². The topological polar surface area (TPSA) is 21.3 Å². The van der Waals surface area contributed by atoms with Gasteiger partial charge in [0.05, 0.1) is 12.6 Å². The van der Waals surface area contributed by atoms with E-state index in [0.29, 0.717) is 0 Å². The summed E-state index contributed by atoms with van der Waals surface area (Å²) in [7, 11) is 0. The summed E-state index contributed by atoms with van der Waals surface area (Å²) < 4.78 is 5.84. The molecule has 1 N–H and O–H groups in total. The first kappa shape index (κ1) is 14.4. The van der Waals surface area contributed by atoms with Crippen LogP contribution in [0.2, 0.25) is 5.02 Å². The van der Waals surface area contributed by atoms with Gasteiger partial charge in [-0.05, 0) is 62.1 Å². The average molecular weight is 280 g/mol. The van der Waals surface area contributed by atoms with Crippen LogP contribution in [0.3, 0.4) is 0 Å². The Balaban J connectivity index is 2.30. The number of aryl methyl sites for hydroxylation is 1. The van der Waals surface area contributed by atoms with Crippen LogP contribution in [0.1, 0.15) is 43.4 Å². The third-order valence-electron chi connectivity index (χ3n) is 3.40. The zero-order chi connectivity index (χ0) is 13.7. The quantitative estimate of drug-likeness (QED) is 0.863. The summed E-state index contributed by atoms with van der Waals surface area (Å²) in [4.78, 5) is 0. The van der Waals surface area contributed by atoms with Crippen molar-refractivity contribution in [2.75, 3.05) is 13.2 Å². The maximum atomic E-state index is 6.15. The van der Waals surface area contributed by atoms with Crippen molar-refractivity contribution in [3.05, 3.63) is 46.2 Å². The molecule has 0 aromatic heterocycles. The summed E-state index contributed by atoms with van der Waals surface area (Å²) >= 11 is 6.15. The van der Waals surface area contributed by atoms with Crippen LogP contribution in [0, 0.1) is 6.92 Å². The molecule has 0 spiro atoms. The van der Waals surface area contributed by atoms with Gasteiger partial charge in [-0.15, -0.1) is 0 Å². The maximum absolute atomic E-state index is 6.15. The summed E-state index contributed by atoms with van der Waals surface area (Å²) in [5.74, 6) is 1.05. The molecule has 2 nitrogen and oxygen atoms in total. The van der Waals surface area contributed by atoms with Gasteiger partial charge in [0, 0.05) is 5.02 Å². The number of rotatable bonds is 5. The molecule has 0 saturated heterocycles. The van der Waals surface area contributed by atoms with Crippen molar-refractivity contribution in [1.29, 1.82) is 0 Å². The number of hydrogen-bond donors (Lipinski definition) is 1. The van der Waals surface area contributed by atoms with E-state index in [2.05, 4.69) is 31.3 Å². The molecule has 0 fully saturated rings. The second kappa shape index (κ2) is 6.97. The highest BCUT2D eigenvalue weighted by Crippen LogP contribution is 2.30. The first-order valence-corrected chi connectivity index (χ1v) is 7.42. The molecule has 0 radical (unpaired) electrons. The van der Waals surface area contributed by atoms with E-state index in [1.807, 2.05) is 12.1 Å². The molecule has 0 aliphatic carbocycles. The zero-order valence-corrected chi connectivity index (χ0v) is 12.5. The molecule has 1 heterocycles. The van der Waals surface area contributed by atoms with E-state index >= 15 is 0 Å². The Labute approximate surface area is 120 Å². The summed E-state index contributed by atoms with van der Waals surface area (Å²) in [6.07, 6.45) is 5.51. The molecule has 1 aromatic rings. The van der Waals surface area contributed by atoms with Gasteiger partial charge in [-0.1, -0.05) is 24.6 Å². The molecule has 1 atom stereocenters. The normalized spacial score (nSPS) is 16.7. The molecule has 0 saturated carbocycles. The molecular formula is C16H22ClNO. The van der Waals surface area contributed by atoms with Crippen LogP contribution in [-0.2, 0) is 4.74 Å². The highest BCUT2D eigenvalue weighted by molar-refractivity contribution is 6.30. The minimum Gasteiger partial charge on any atom is -0.496 e. The average Bonchev–Trinajstić information content (AvgIpc) is 2.44. The SMILES string of the molecule is CCCNC(C1=CCCCO1)c1cc(Cl)ccc1C. The van der Waals surface area contributed by atoms with Crippen LogP contribution < -0.4 is 5.32 Å². The number of ether oxygens (including phenoxy) is 1. The van der Waals surface area contributed by atoms with Gasteiger partial charge in [-0.2, -0.15) is 0 Å². The van der Waals surface area contributed by atoms with Crippen molar-refractivity contribution in [1.82, 2.24) is 5.32 Å². The Bertz CT molecular complexity index is 456. The van der Waals surface area contributed by atoms with E-state index in [-0.39, 0.29) is 6.04 Å². The number of halogens is 1. The number of hydrogen-bond acceptors (Lipinski definition) is 2. The monoisotopic (exact) mass is 279 g/mol. The lowest BCUT2D eigenvalue weighted by atomic mass is 9.98. The van der Waals surface area contributed by atoms with Crippen LogP contribution in [0.5, 0.6) is 0 Å². The Morgan fingerprint density at radius 2 is 2.26 bits per heavy atom. The number of allylic oxidation sites excluding steroid dienone is 1. The van der Waals surface area contributed by atoms with Crippen molar-refractivity contribution in [2.45, 2.75) is 39.2 Å². The van der Waals surface area contributed by atoms with Crippen LogP contribution in [0.4, 0.5) is 0 Å². The minimum absolute atomic E-state index is 0.124. The number of benzene rings is 1. The molecule has 1 unspecified atom stereocenters. The molecular weight excluding hydrogens is 258 g/mol. The van der Waals surface area contributed by atoms with Gasteiger partial charge in [-0.3, -0.25) is 0 Å². The summed E-state index contributed by atoms with van der Waals surface area (Å²) in [5, 5.41) is 4.35. The van der Waals surface area contributed by atoms with Gasteiger partial charge < -0.3 is 10.1 Å². The van der Waals surface area contributed by atoms with E-state index in [1.54, 1.807) is 0 Å². The van der Waals surface area contributed by atoms with Crippen molar-refractivity contribution in [3.63, 3.8) is 0 Å². The highest BCUT2D eigenvalue weighted by atomic mass is 35.5. The Morgan fingerprint density at radius 1 is 1.42 bits per heavy atom. The van der Waals surface area contributed by atoms with Crippen molar-refractivity contribution < 1.29 is 4.74 Å². The fraction of sp³-hybridized carbons (Fsp3) is 0.500. The summed E-state index contributed by atoms with van der Waals surface area (Å²) in [5.41, 5.74) is 2.46. The van der Waals surface area contributed by atoms with E-state index < -0.39 is 0 Å². The first-order chi connectivity index (χ1) is 9.22. The largest absolute Gasteiger partial charge is 0.496 e. The molecule has 1 aliphatic heterocycles. The Hall–Kier alpha value is -0.990. The Morgan fingerprint density at radius 3 is 2.95 bits per heavy atom. The second-order valence-corrected chi connectivity index (χ2v) is 5.42. The molecule has 0 amide bonds. The predicted octanol–water partition coefficient (Wildman–Crippen LogP) is 4.38. The fourth-order valence-corrected chi connectivity index (χ4v) is 2.53. The summed E-state index contributed by atoms with van der Waals surface area (Å²) in [6.45, 7) is 6.08. The lowest BCUT2D eigenvalue weighted by Gasteiger charge is -2.26. The Kier molecular flexibility index (Phi) is 5.29. The van der Waals surface area contributed by atoms with Crippen molar-refractivity contribution >= 4 is 11.6 Å². The van der Waals surface area contributed by atoms with Gasteiger partial charge in [0.15, 0.2) is 0 Å². The standard InChI is InChI=1S/C16H22ClNO/c1-3-9-18-16(15-6-4-5-10-19-15)14-11-13(17)8-7-12(14)2/h6-8,11,16,18H,3-5,9-10H2,1-2H3. The fourth-order valence-electron chi connectivity index (χ4n) is 2.35. The summed E-state index contributed by atoms with van der Waals surface area (Å²) in [6, 6.07) is 6.18. The maximum Gasteiger partial charge on any atom is 0.113 e. The molecule has 2 rings (SSSR count). The van der Waals surface area contributed by atoms with Gasteiger partial charge in [0.2, 0.25) is 0 Å². The third-order valence-corrected chi connectivity index (χ3v) is 3.63. The van der Waals surface area contributed by atoms with E-state index in [4.69, 9.17) is 16.3 Å². The highest BCUT2D eigenvalue weighted by Gasteiger charge is 2.21. The first-order valence-electron chi connectivity index (χ1n) is 7.04. The van der Waals surface area contributed by atoms with E-state index in [1.165, 1.54) is 11.1 Å². The lowest BCUT2D eigenvalue weighted by molar-refractivity contribution is 0.167. The van der Waals surface area contributed by atoms with E-state index in [9.17, 15) is 0 Å². The molecule has 1 aliphatic rings. The zero-order valence-electron chi connectivity index (χ0n) is 11.7. The molecule has 0 bridgehead atoms. The predicted molar refractivity (Wildman–Crippen MR) is 80.5 cm³/mol. The van der Waals surface area contributed by atoms with Gasteiger partial charge >= 0.3 is 0 Å². The third kappa shape index (κ3) is 3.74. The van der Waals surface area contributed by atoms with Crippen LogP contribution in [0.15, 0.2) is 30.0 Å². The lowest BCUT2D eigenvalue weighted by Crippen LogP contribution is -2.27.